The first-order chi connectivity index (χ1) is 18.0. The van der Waals surface area contributed by atoms with Crippen LogP contribution in [0.1, 0.15) is 37.8 Å². The number of rotatable bonds is 6. The molecule has 1 aliphatic rings. The van der Waals surface area contributed by atoms with Gasteiger partial charge in [-0.05, 0) is 62.2 Å². The molecule has 0 aliphatic carbocycles. The zero-order valence-corrected chi connectivity index (χ0v) is 21.7. The quantitative estimate of drug-likeness (QED) is 0.291. The fraction of sp³-hybridized carbons (Fsp3) is 0.267. The molecule has 1 fully saturated rings. The number of para-hydroxylation sites is 2. The summed E-state index contributed by atoms with van der Waals surface area (Å²) in [5, 5.41) is 5.51. The van der Waals surface area contributed by atoms with Crippen LogP contribution < -0.4 is 16.4 Å². The van der Waals surface area contributed by atoms with E-state index in [1.807, 2.05) is 24.3 Å². The summed E-state index contributed by atoms with van der Waals surface area (Å²) in [5.74, 6) is -2.98. The molecule has 38 heavy (non-hydrogen) atoms. The zero-order chi connectivity index (χ0) is 27.4. The molecular formula is C30H32F2N4O2. The van der Waals surface area contributed by atoms with Gasteiger partial charge in [-0.15, -0.1) is 0 Å². The summed E-state index contributed by atoms with van der Waals surface area (Å²) in [7, 11) is 0. The van der Waals surface area contributed by atoms with Crippen LogP contribution >= 0.6 is 0 Å². The van der Waals surface area contributed by atoms with Gasteiger partial charge in [-0.3, -0.25) is 14.5 Å². The van der Waals surface area contributed by atoms with Crippen molar-refractivity contribution in [3.8, 4) is 0 Å². The summed E-state index contributed by atoms with van der Waals surface area (Å²) in [6.07, 6.45) is 3.15. The molecule has 8 heteroatoms. The van der Waals surface area contributed by atoms with Crippen molar-refractivity contribution in [1.29, 1.82) is 0 Å². The molecule has 0 radical (unpaired) electrons. The SMILES string of the molecule is CC(C)(C)N1CC(C(=O)Nc2ccc(F)c(F)c2)C(c2ccc(C=CC(=O)Nc3ccccc3N)cc2)C1. The van der Waals surface area contributed by atoms with E-state index in [0.29, 0.717) is 24.5 Å². The lowest BCUT2D eigenvalue weighted by atomic mass is 9.88. The molecule has 1 saturated heterocycles. The number of likely N-dealkylation sites (tertiary alicyclic amines) is 1. The monoisotopic (exact) mass is 518 g/mol. The van der Waals surface area contributed by atoms with E-state index in [1.54, 1.807) is 30.3 Å². The van der Waals surface area contributed by atoms with Crippen molar-refractivity contribution < 1.29 is 18.4 Å². The van der Waals surface area contributed by atoms with Crippen molar-refractivity contribution in [1.82, 2.24) is 4.90 Å². The van der Waals surface area contributed by atoms with Crippen LogP contribution in [0, 0.1) is 17.6 Å². The number of hydrogen-bond acceptors (Lipinski definition) is 4. The number of amides is 2. The number of carbonyl (C=O) groups excluding carboxylic acids is 2. The second kappa shape index (κ2) is 11.1. The van der Waals surface area contributed by atoms with Gasteiger partial charge in [0.25, 0.3) is 0 Å². The second-order valence-electron chi connectivity index (χ2n) is 10.5. The maximum atomic E-state index is 13.7. The minimum atomic E-state index is -1.01. The highest BCUT2D eigenvalue weighted by Gasteiger charge is 2.42. The van der Waals surface area contributed by atoms with Crippen molar-refractivity contribution >= 4 is 35.0 Å². The van der Waals surface area contributed by atoms with Crippen LogP contribution in [0.15, 0.2) is 72.8 Å². The number of nitrogens with one attached hydrogen (secondary N) is 2. The van der Waals surface area contributed by atoms with Gasteiger partial charge in [-0.2, -0.15) is 0 Å². The van der Waals surface area contributed by atoms with E-state index in [-0.39, 0.29) is 34.9 Å². The average Bonchev–Trinajstić information content (AvgIpc) is 3.33. The molecule has 3 aromatic rings. The lowest BCUT2D eigenvalue weighted by Gasteiger charge is -2.31. The Bertz CT molecular complexity index is 1350. The molecule has 6 nitrogen and oxygen atoms in total. The summed E-state index contributed by atoms with van der Waals surface area (Å²) < 4.78 is 27.0. The lowest BCUT2D eigenvalue weighted by molar-refractivity contribution is -0.120. The highest BCUT2D eigenvalue weighted by molar-refractivity contribution is 6.03. The first-order valence-electron chi connectivity index (χ1n) is 12.5. The Morgan fingerprint density at radius 2 is 1.66 bits per heavy atom. The molecule has 2 atom stereocenters. The molecule has 4 rings (SSSR count). The van der Waals surface area contributed by atoms with Gasteiger partial charge >= 0.3 is 0 Å². The van der Waals surface area contributed by atoms with E-state index < -0.39 is 11.6 Å². The molecule has 0 bridgehead atoms. The molecule has 2 unspecified atom stereocenters. The average molecular weight is 519 g/mol. The largest absolute Gasteiger partial charge is 0.397 e. The molecule has 1 heterocycles. The minimum absolute atomic E-state index is 0.0955. The van der Waals surface area contributed by atoms with E-state index in [9.17, 15) is 18.4 Å². The Morgan fingerprint density at radius 3 is 2.32 bits per heavy atom. The molecule has 3 aromatic carbocycles. The number of anilines is 3. The topological polar surface area (TPSA) is 87.5 Å². The summed E-state index contributed by atoms with van der Waals surface area (Å²) in [4.78, 5) is 27.8. The number of nitrogen functional groups attached to an aromatic ring is 1. The van der Waals surface area contributed by atoms with Crippen LogP contribution in [0.3, 0.4) is 0 Å². The van der Waals surface area contributed by atoms with Crippen LogP contribution in [-0.4, -0.2) is 35.3 Å². The van der Waals surface area contributed by atoms with E-state index in [4.69, 9.17) is 5.73 Å². The third-order valence-electron chi connectivity index (χ3n) is 6.80. The van der Waals surface area contributed by atoms with Gasteiger partial charge in [0.2, 0.25) is 11.8 Å². The Balaban J connectivity index is 1.48. The van der Waals surface area contributed by atoms with Crippen LogP contribution in [0.4, 0.5) is 25.8 Å². The molecule has 0 saturated carbocycles. The Kier molecular flexibility index (Phi) is 7.92. The fourth-order valence-electron chi connectivity index (χ4n) is 4.58. The third kappa shape index (κ3) is 6.44. The predicted octanol–water partition coefficient (Wildman–Crippen LogP) is 5.65. The van der Waals surface area contributed by atoms with Crippen molar-refractivity contribution in [2.45, 2.75) is 32.2 Å². The van der Waals surface area contributed by atoms with Gasteiger partial charge in [-0.25, -0.2) is 8.78 Å². The second-order valence-corrected chi connectivity index (χ2v) is 10.5. The molecule has 0 spiro atoms. The number of carbonyl (C=O) groups is 2. The lowest BCUT2D eigenvalue weighted by Crippen LogP contribution is -2.40. The standard InChI is InChI=1S/C30H32F2N4O2/c1-30(2,3)36-17-22(23(18-36)29(38)34-21-13-14-24(31)25(32)16-21)20-11-8-19(9-12-20)10-15-28(37)35-27-7-5-4-6-26(27)33/h4-16,22-23H,17-18,33H2,1-3H3,(H,34,38)(H,35,37). The highest BCUT2D eigenvalue weighted by Crippen LogP contribution is 2.37. The third-order valence-corrected chi connectivity index (χ3v) is 6.80. The normalized spacial score (nSPS) is 18.0. The summed E-state index contributed by atoms with van der Waals surface area (Å²) in [6, 6.07) is 18.1. The summed E-state index contributed by atoms with van der Waals surface area (Å²) >= 11 is 0. The maximum Gasteiger partial charge on any atom is 0.248 e. The molecule has 0 aromatic heterocycles. The van der Waals surface area contributed by atoms with Gasteiger partial charge in [0, 0.05) is 42.4 Å². The van der Waals surface area contributed by atoms with E-state index in [1.165, 1.54) is 12.1 Å². The van der Waals surface area contributed by atoms with Crippen LogP contribution in [0.25, 0.3) is 6.08 Å². The van der Waals surface area contributed by atoms with E-state index in [0.717, 1.165) is 23.3 Å². The Labute approximate surface area is 221 Å². The van der Waals surface area contributed by atoms with Crippen molar-refractivity contribution in [3.05, 3.63) is 95.6 Å². The van der Waals surface area contributed by atoms with Crippen LogP contribution in [0.5, 0.6) is 0 Å². The number of hydrogen-bond donors (Lipinski definition) is 3. The number of nitrogens with two attached hydrogens (primary N) is 1. The Hall–Kier alpha value is -4.04. The van der Waals surface area contributed by atoms with Crippen molar-refractivity contribution in [3.63, 3.8) is 0 Å². The van der Waals surface area contributed by atoms with Crippen molar-refractivity contribution in [2.24, 2.45) is 5.92 Å². The first kappa shape index (κ1) is 27.0. The summed E-state index contributed by atoms with van der Waals surface area (Å²) in [6.45, 7) is 7.51. The molecule has 4 N–H and O–H groups in total. The van der Waals surface area contributed by atoms with Gasteiger partial charge in [0.05, 0.1) is 17.3 Å². The van der Waals surface area contributed by atoms with E-state index >= 15 is 0 Å². The number of benzene rings is 3. The van der Waals surface area contributed by atoms with Crippen LogP contribution in [0.2, 0.25) is 0 Å². The molecule has 1 aliphatic heterocycles. The van der Waals surface area contributed by atoms with Gasteiger partial charge < -0.3 is 16.4 Å². The highest BCUT2D eigenvalue weighted by atomic mass is 19.2. The van der Waals surface area contributed by atoms with Crippen molar-refractivity contribution in [2.75, 3.05) is 29.5 Å². The van der Waals surface area contributed by atoms with E-state index in [2.05, 4.69) is 36.3 Å². The predicted molar refractivity (Wildman–Crippen MR) is 148 cm³/mol. The van der Waals surface area contributed by atoms with Gasteiger partial charge in [-0.1, -0.05) is 36.4 Å². The van der Waals surface area contributed by atoms with Gasteiger partial charge in [0.15, 0.2) is 11.6 Å². The fourth-order valence-corrected chi connectivity index (χ4v) is 4.58. The minimum Gasteiger partial charge on any atom is -0.397 e. The smallest absolute Gasteiger partial charge is 0.248 e. The molecular weight excluding hydrogens is 486 g/mol. The number of halogens is 2. The summed E-state index contributed by atoms with van der Waals surface area (Å²) in [5.41, 5.74) is 8.81. The maximum absolute atomic E-state index is 13.7. The van der Waals surface area contributed by atoms with Crippen LogP contribution in [-0.2, 0) is 9.59 Å². The zero-order valence-electron chi connectivity index (χ0n) is 21.7. The molecule has 198 valence electrons. The Morgan fingerprint density at radius 1 is 0.947 bits per heavy atom. The number of nitrogens with zero attached hydrogens (tertiary/aromatic N) is 1. The molecule has 2 amide bonds. The van der Waals surface area contributed by atoms with Gasteiger partial charge in [0.1, 0.15) is 0 Å². The first-order valence-corrected chi connectivity index (χ1v) is 12.5.